The molecule has 27 heavy (non-hydrogen) atoms. The van der Waals surface area contributed by atoms with Crippen molar-refractivity contribution < 1.29 is 37.0 Å². The molecule has 0 atom stereocenters. The van der Waals surface area contributed by atoms with Crippen LogP contribution in [0.5, 0.6) is 11.5 Å². The lowest BCUT2D eigenvalue weighted by Gasteiger charge is -2.11. The van der Waals surface area contributed by atoms with E-state index in [9.17, 15) is 22.8 Å². The molecular formula is C18H16F3NO5. The van der Waals surface area contributed by atoms with Crippen molar-refractivity contribution in [2.24, 2.45) is 0 Å². The van der Waals surface area contributed by atoms with Crippen molar-refractivity contribution in [1.82, 2.24) is 0 Å². The van der Waals surface area contributed by atoms with E-state index in [1.54, 1.807) is 18.2 Å². The number of rotatable bonds is 6. The number of aryl methyl sites for hydroxylation is 1. The van der Waals surface area contributed by atoms with Crippen LogP contribution < -0.4 is 14.8 Å². The molecule has 144 valence electrons. The Morgan fingerprint density at radius 1 is 1.07 bits per heavy atom. The predicted molar refractivity (Wildman–Crippen MR) is 89.8 cm³/mol. The summed E-state index contributed by atoms with van der Waals surface area (Å²) >= 11 is 0. The average molecular weight is 383 g/mol. The quantitative estimate of drug-likeness (QED) is 0.770. The Morgan fingerprint density at radius 2 is 1.74 bits per heavy atom. The Morgan fingerprint density at radius 3 is 2.33 bits per heavy atom. The van der Waals surface area contributed by atoms with Gasteiger partial charge in [-0.15, -0.1) is 13.2 Å². The molecule has 0 saturated carbocycles. The van der Waals surface area contributed by atoms with Crippen LogP contribution in [0.1, 0.15) is 15.9 Å². The van der Waals surface area contributed by atoms with E-state index in [1.165, 1.54) is 7.11 Å². The molecule has 0 aromatic heterocycles. The van der Waals surface area contributed by atoms with E-state index in [-0.39, 0.29) is 5.56 Å². The molecule has 0 unspecified atom stereocenters. The number of anilines is 1. The first kappa shape index (κ1) is 20.1. The van der Waals surface area contributed by atoms with Crippen LogP contribution in [0.3, 0.4) is 0 Å². The van der Waals surface area contributed by atoms with Gasteiger partial charge in [0.2, 0.25) is 0 Å². The summed E-state index contributed by atoms with van der Waals surface area (Å²) in [6.45, 7) is 1.26. The first-order valence-corrected chi connectivity index (χ1v) is 7.65. The summed E-state index contributed by atoms with van der Waals surface area (Å²) in [4.78, 5) is 23.8. The van der Waals surface area contributed by atoms with Gasteiger partial charge in [-0.2, -0.15) is 0 Å². The second-order valence-corrected chi connectivity index (χ2v) is 5.40. The number of ether oxygens (including phenoxy) is 3. The molecule has 0 aliphatic heterocycles. The van der Waals surface area contributed by atoms with Gasteiger partial charge in [-0.05, 0) is 48.9 Å². The zero-order valence-electron chi connectivity index (χ0n) is 14.4. The molecule has 0 radical (unpaired) electrons. The standard InChI is InChI=1S/C18H16F3NO5/c1-11-3-8-15(25-2)14(9-11)22-16(23)10-26-17(24)12-4-6-13(7-5-12)27-18(19,20)21/h3-9H,10H2,1-2H3,(H,22,23). The molecule has 0 spiro atoms. The van der Waals surface area contributed by atoms with E-state index in [0.29, 0.717) is 11.4 Å². The predicted octanol–water partition coefficient (Wildman–Crippen LogP) is 3.70. The average Bonchev–Trinajstić information content (AvgIpc) is 2.59. The summed E-state index contributed by atoms with van der Waals surface area (Å²) in [5, 5.41) is 2.56. The maximum absolute atomic E-state index is 12.1. The van der Waals surface area contributed by atoms with E-state index in [4.69, 9.17) is 9.47 Å². The third-order valence-corrected chi connectivity index (χ3v) is 3.29. The molecule has 6 nitrogen and oxygen atoms in total. The van der Waals surface area contributed by atoms with Crippen LogP contribution >= 0.6 is 0 Å². The van der Waals surface area contributed by atoms with Gasteiger partial charge in [0.05, 0.1) is 18.4 Å². The fraction of sp³-hybridized carbons (Fsp3) is 0.222. The Bertz CT molecular complexity index is 819. The lowest BCUT2D eigenvalue weighted by atomic mass is 10.2. The van der Waals surface area contributed by atoms with E-state index < -0.39 is 30.6 Å². The fourth-order valence-electron chi connectivity index (χ4n) is 2.11. The first-order valence-electron chi connectivity index (χ1n) is 7.65. The van der Waals surface area contributed by atoms with Crippen LogP contribution in [-0.2, 0) is 9.53 Å². The van der Waals surface area contributed by atoms with Crippen molar-refractivity contribution in [2.75, 3.05) is 19.0 Å². The van der Waals surface area contributed by atoms with Crippen molar-refractivity contribution in [3.8, 4) is 11.5 Å². The van der Waals surface area contributed by atoms with E-state index >= 15 is 0 Å². The zero-order valence-corrected chi connectivity index (χ0v) is 14.4. The minimum absolute atomic E-state index is 0.0227. The van der Waals surface area contributed by atoms with Gasteiger partial charge in [0.1, 0.15) is 11.5 Å². The topological polar surface area (TPSA) is 73.9 Å². The van der Waals surface area contributed by atoms with E-state index in [0.717, 1.165) is 29.8 Å². The van der Waals surface area contributed by atoms with Crippen molar-refractivity contribution in [3.05, 3.63) is 53.6 Å². The molecular weight excluding hydrogens is 367 g/mol. The lowest BCUT2D eigenvalue weighted by Crippen LogP contribution is -2.21. The van der Waals surface area contributed by atoms with Crippen LogP contribution in [0.2, 0.25) is 0 Å². The number of methoxy groups -OCH3 is 1. The summed E-state index contributed by atoms with van der Waals surface area (Å²) in [5.41, 5.74) is 1.29. The van der Waals surface area contributed by atoms with Crippen LogP contribution in [0.25, 0.3) is 0 Å². The van der Waals surface area contributed by atoms with Crippen molar-refractivity contribution in [3.63, 3.8) is 0 Å². The van der Waals surface area contributed by atoms with Gasteiger partial charge in [0, 0.05) is 0 Å². The minimum atomic E-state index is -4.82. The molecule has 0 fully saturated rings. The number of amides is 1. The van der Waals surface area contributed by atoms with E-state index in [1.807, 2.05) is 6.92 Å². The fourth-order valence-corrected chi connectivity index (χ4v) is 2.11. The maximum atomic E-state index is 12.1. The number of esters is 1. The molecule has 0 saturated heterocycles. The van der Waals surface area contributed by atoms with Crippen molar-refractivity contribution in [1.29, 1.82) is 0 Å². The Hall–Kier alpha value is -3.23. The smallest absolute Gasteiger partial charge is 0.495 e. The number of benzene rings is 2. The summed E-state index contributed by atoms with van der Waals surface area (Å²) in [6, 6.07) is 9.33. The second-order valence-electron chi connectivity index (χ2n) is 5.40. The normalized spacial score (nSPS) is 10.9. The third kappa shape index (κ3) is 6.21. The largest absolute Gasteiger partial charge is 0.573 e. The molecule has 9 heteroatoms. The van der Waals surface area contributed by atoms with Crippen LogP contribution in [-0.4, -0.2) is 32.0 Å². The molecule has 1 N–H and O–H groups in total. The number of alkyl halides is 3. The number of carbonyl (C=O) groups is 2. The van der Waals surface area contributed by atoms with Gasteiger partial charge < -0.3 is 19.5 Å². The second kappa shape index (κ2) is 8.43. The number of hydrogen-bond acceptors (Lipinski definition) is 5. The summed E-state index contributed by atoms with van der Waals surface area (Å²) in [7, 11) is 1.45. The molecule has 0 aliphatic carbocycles. The minimum Gasteiger partial charge on any atom is -0.495 e. The van der Waals surface area contributed by atoms with Crippen LogP contribution in [0.4, 0.5) is 18.9 Å². The zero-order chi connectivity index (χ0) is 20.0. The van der Waals surface area contributed by atoms with Crippen molar-refractivity contribution in [2.45, 2.75) is 13.3 Å². The SMILES string of the molecule is COc1ccc(C)cc1NC(=O)COC(=O)c1ccc(OC(F)(F)F)cc1. The Labute approximate surface area is 152 Å². The van der Waals surface area contributed by atoms with E-state index in [2.05, 4.69) is 10.1 Å². The van der Waals surface area contributed by atoms with Crippen molar-refractivity contribution >= 4 is 17.6 Å². The summed E-state index contributed by atoms with van der Waals surface area (Å²) in [5.74, 6) is -1.48. The number of hydrogen-bond donors (Lipinski definition) is 1. The van der Waals surface area contributed by atoms with Gasteiger partial charge in [0.25, 0.3) is 5.91 Å². The highest BCUT2D eigenvalue weighted by Gasteiger charge is 2.31. The molecule has 1 amide bonds. The van der Waals surface area contributed by atoms with Gasteiger partial charge in [-0.1, -0.05) is 6.07 Å². The summed E-state index contributed by atoms with van der Waals surface area (Å²) < 4.78 is 50.0. The molecule has 2 aromatic carbocycles. The monoisotopic (exact) mass is 383 g/mol. The lowest BCUT2D eigenvalue weighted by molar-refractivity contribution is -0.274. The Kier molecular flexibility index (Phi) is 6.27. The van der Waals surface area contributed by atoms with Gasteiger partial charge >= 0.3 is 12.3 Å². The number of carbonyl (C=O) groups excluding carboxylic acids is 2. The highest BCUT2D eigenvalue weighted by molar-refractivity contribution is 5.96. The molecule has 0 aliphatic rings. The Balaban J connectivity index is 1.91. The van der Waals surface area contributed by atoms with Crippen LogP contribution in [0.15, 0.2) is 42.5 Å². The number of nitrogens with one attached hydrogen (secondary N) is 1. The first-order chi connectivity index (χ1) is 12.7. The molecule has 0 bridgehead atoms. The number of halogens is 3. The van der Waals surface area contributed by atoms with Gasteiger partial charge in [-0.3, -0.25) is 4.79 Å². The third-order valence-electron chi connectivity index (χ3n) is 3.29. The highest BCUT2D eigenvalue weighted by atomic mass is 19.4. The van der Waals surface area contributed by atoms with Gasteiger partial charge in [-0.25, -0.2) is 4.79 Å². The van der Waals surface area contributed by atoms with Crippen LogP contribution in [0, 0.1) is 6.92 Å². The molecule has 2 aromatic rings. The summed E-state index contributed by atoms with van der Waals surface area (Å²) in [6.07, 6.45) is -4.82. The highest BCUT2D eigenvalue weighted by Crippen LogP contribution is 2.25. The van der Waals surface area contributed by atoms with Gasteiger partial charge in [0.15, 0.2) is 6.61 Å². The maximum Gasteiger partial charge on any atom is 0.573 e. The molecule has 2 rings (SSSR count). The molecule has 0 heterocycles.